The van der Waals surface area contributed by atoms with Crippen LogP contribution in [0.1, 0.15) is 46.0 Å². The van der Waals surface area contributed by atoms with E-state index in [9.17, 15) is 4.79 Å². The molecule has 3 nitrogen and oxygen atoms in total. The molecule has 100 valence electrons. The van der Waals surface area contributed by atoms with Gasteiger partial charge in [0, 0.05) is 19.0 Å². The maximum atomic E-state index is 12.7. The van der Waals surface area contributed by atoms with Gasteiger partial charge in [0.25, 0.3) is 0 Å². The minimum Gasteiger partial charge on any atom is -0.342 e. The number of amides is 1. The molecule has 1 heterocycles. The summed E-state index contributed by atoms with van der Waals surface area (Å²) in [5.74, 6) is 0.384. The average molecular weight is 248 g/mol. The summed E-state index contributed by atoms with van der Waals surface area (Å²) in [7, 11) is 0. The first kappa shape index (κ1) is 14.8. The fourth-order valence-corrected chi connectivity index (χ4v) is 2.75. The molecule has 1 rings (SSSR count). The molecule has 0 aromatic carbocycles. The third kappa shape index (κ3) is 2.93. The maximum Gasteiger partial charge on any atom is 0.229 e. The van der Waals surface area contributed by atoms with E-state index in [1.165, 1.54) is 0 Å². The zero-order valence-electron chi connectivity index (χ0n) is 11.6. The molecule has 0 aromatic heterocycles. The fraction of sp³-hybridized carbons (Fsp3) is 0.733. The lowest BCUT2D eigenvalue weighted by molar-refractivity contribution is -0.143. The Morgan fingerprint density at radius 3 is 2.39 bits per heavy atom. The summed E-state index contributed by atoms with van der Waals surface area (Å²) in [6.45, 7) is 9.40. The second-order valence-corrected chi connectivity index (χ2v) is 5.18. The van der Waals surface area contributed by atoms with E-state index >= 15 is 0 Å². The van der Waals surface area contributed by atoms with Crippen molar-refractivity contribution in [1.29, 1.82) is 5.26 Å². The SMILES string of the molecule is C=CCC(CC)(CC)C(=O)N1CCC(C#N)CC1. The number of nitriles is 1. The van der Waals surface area contributed by atoms with Gasteiger partial charge in [0.1, 0.15) is 0 Å². The lowest BCUT2D eigenvalue weighted by Gasteiger charge is -2.38. The lowest BCUT2D eigenvalue weighted by Crippen LogP contribution is -2.46. The summed E-state index contributed by atoms with van der Waals surface area (Å²) >= 11 is 0. The molecule has 0 bridgehead atoms. The van der Waals surface area contributed by atoms with Gasteiger partial charge in [-0.05, 0) is 32.1 Å². The quantitative estimate of drug-likeness (QED) is 0.702. The molecule has 0 unspecified atom stereocenters. The van der Waals surface area contributed by atoms with Gasteiger partial charge < -0.3 is 4.90 Å². The van der Waals surface area contributed by atoms with Crippen molar-refractivity contribution in [2.75, 3.05) is 13.1 Å². The monoisotopic (exact) mass is 248 g/mol. The number of carbonyl (C=O) groups excluding carboxylic acids is 1. The summed E-state index contributed by atoms with van der Waals surface area (Å²) in [4.78, 5) is 14.6. The van der Waals surface area contributed by atoms with Gasteiger partial charge in [0.15, 0.2) is 0 Å². The summed E-state index contributed by atoms with van der Waals surface area (Å²) in [5.41, 5.74) is -0.277. The van der Waals surface area contributed by atoms with Gasteiger partial charge in [-0.25, -0.2) is 0 Å². The predicted octanol–water partition coefficient (Wildman–Crippen LogP) is 3.13. The normalized spacial score (nSPS) is 17.3. The van der Waals surface area contributed by atoms with E-state index < -0.39 is 0 Å². The second-order valence-electron chi connectivity index (χ2n) is 5.18. The first-order chi connectivity index (χ1) is 8.63. The molecule has 0 aliphatic carbocycles. The molecule has 0 spiro atoms. The lowest BCUT2D eigenvalue weighted by atomic mass is 9.77. The average Bonchev–Trinajstić information content (AvgIpc) is 2.44. The van der Waals surface area contributed by atoms with Crippen LogP contribution >= 0.6 is 0 Å². The molecular formula is C15H24N2O. The Labute approximate surface area is 110 Å². The molecule has 0 N–H and O–H groups in total. The molecule has 1 aliphatic heterocycles. The van der Waals surface area contributed by atoms with Crippen LogP contribution in [0.5, 0.6) is 0 Å². The number of nitrogens with zero attached hydrogens (tertiary/aromatic N) is 2. The number of piperidine rings is 1. The highest BCUT2D eigenvalue weighted by atomic mass is 16.2. The predicted molar refractivity (Wildman–Crippen MR) is 72.7 cm³/mol. The van der Waals surface area contributed by atoms with Crippen LogP contribution in [-0.2, 0) is 4.79 Å². The highest BCUT2D eigenvalue weighted by molar-refractivity contribution is 5.83. The highest BCUT2D eigenvalue weighted by Crippen LogP contribution is 2.34. The van der Waals surface area contributed by atoms with Crippen molar-refractivity contribution >= 4 is 5.91 Å². The van der Waals surface area contributed by atoms with Crippen molar-refractivity contribution in [3.05, 3.63) is 12.7 Å². The summed E-state index contributed by atoms with van der Waals surface area (Å²) < 4.78 is 0. The molecule has 3 heteroatoms. The molecule has 0 saturated carbocycles. The van der Waals surface area contributed by atoms with Gasteiger partial charge in [-0.1, -0.05) is 19.9 Å². The van der Waals surface area contributed by atoms with Crippen LogP contribution in [0.15, 0.2) is 12.7 Å². The van der Waals surface area contributed by atoms with E-state index in [0.29, 0.717) is 0 Å². The molecular weight excluding hydrogens is 224 g/mol. The second kappa shape index (κ2) is 6.58. The summed E-state index contributed by atoms with van der Waals surface area (Å²) in [6.07, 6.45) is 5.95. The van der Waals surface area contributed by atoms with Gasteiger partial charge >= 0.3 is 0 Å². The van der Waals surface area contributed by atoms with E-state index in [2.05, 4.69) is 26.5 Å². The van der Waals surface area contributed by atoms with E-state index in [1.54, 1.807) is 0 Å². The Morgan fingerprint density at radius 1 is 1.44 bits per heavy atom. The van der Waals surface area contributed by atoms with Gasteiger partial charge in [0.2, 0.25) is 5.91 Å². The molecule has 0 aromatic rings. The van der Waals surface area contributed by atoms with Gasteiger partial charge in [-0.2, -0.15) is 5.26 Å². The zero-order chi connectivity index (χ0) is 13.6. The van der Waals surface area contributed by atoms with Crippen LogP contribution in [0.4, 0.5) is 0 Å². The van der Waals surface area contributed by atoms with Crippen LogP contribution in [0.2, 0.25) is 0 Å². The number of allylic oxidation sites excluding steroid dienone is 1. The van der Waals surface area contributed by atoms with E-state index in [4.69, 9.17) is 5.26 Å². The fourth-order valence-electron chi connectivity index (χ4n) is 2.75. The van der Waals surface area contributed by atoms with E-state index in [-0.39, 0.29) is 17.2 Å². The standard InChI is InChI=1S/C15H24N2O/c1-4-9-15(5-2,6-3)14(18)17-10-7-13(12-16)8-11-17/h4,13H,1,5-11H2,2-3H3. The number of hydrogen-bond donors (Lipinski definition) is 0. The Kier molecular flexibility index (Phi) is 5.40. The van der Waals surface area contributed by atoms with Crippen molar-refractivity contribution in [1.82, 2.24) is 4.90 Å². The van der Waals surface area contributed by atoms with Crippen molar-refractivity contribution in [2.24, 2.45) is 11.3 Å². The Morgan fingerprint density at radius 2 is 2.00 bits per heavy atom. The van der Waals surface area contributed by atoms with Crippen LogP contribution in [-0.4, -0.2) is 23.9 Å². The van der Waals surface area contributed by atoms with Crippen LogP contribution in [0, 0.1) is 22.7 Å². The molecule has 1 aliphatic rings. The van der Waals surface area contributed by atoms with Crippen LogP contribution < -0.4 is 0 Å². The number of rotatable bonds is 5. The van der Waals surface area contributed by atoms with Crippen LogP contribution in [0.3, 0.4) is 0 Å². The first-order valence-electron chi connectivity index (χ1n) is 6.93. The van der Waals surface area contributed by atoms with Gasteiger partial charge in [-0.3, -0.25) is 4.79 Å². The summed E-state index contributed by atoms with van der Waals surface area (Å²) in [5, 5.41) is 8.89. The third-order valence-electron chi connectivity index (χ3n) is 4.31. The van der Waals surface area contributed by atoms with E-state index in [1.807, 2.05) is 11.0 Å². The Bertz CT molecular complexity index is 331. The third-order valence-corrected chi connectivity index (χ3v) is 4.31. The molecule has 1 amide bonds. The van der Waals surface area contributed by atoms with E-state index in [0.717, 1.165) is 45.2 Å². The molecule has 1 fully saturated rings. The van der Waals surface area contributed by atoms with Gasteiger partial charge in [0.05, 0.1) is 11.5 Å². The van der Waals surface area contributed by atoms with Crippen LogP contribution in [0.25, 0.3) is 0 Å². The number of likely N-dealkylation sites (tertiary alicyclic amines) is 1. The molecule has 0 atom stereocenters. The van der Waals surface area contributed by atoms with Gasteiger partial charge in [-0.15, -0.1) is 6.58 Å². The van der Waals surface area contributed by atoms with Crippen molar-refractivity contribution in [2.45, 2.75) is 46.0 Å². The first-order valence-corrected chi connectivity index (χ1v) is 6.93. The van der Waals surface area contributed by atoms with Crippen molar-refractivity contribution in [3.63, 3.8) is 0 Å². The Hall–Kier alpha value is -1.30. The molecule has 0 radical (unpaired) electrons. The molecule has 1 saturated heterocycles. The van der Waals surface area contributed by atoms with Crippen molar-refractivity contribution in [3.8, 4) is 6.07 Å². The minimum absolute atomic E-state index is 0.131. The topological polar surface area (TPSA) is 44.1 Å². The zero-order valence-corrected chi connectivity index (χ0v) is 11.6. The number of carbonyl (C=O) groups is 1. The molecule has 18 heavy (non-hydrogen) atoms. The van der Waals surface area contributed by atoms with Crippen molar-refractivity contribution < 1.29 is 4.79 Å². The number of hydrogen-bond acceptors (Lipinski definition) is 2. The largest absolute Gasteiger partial charge is 0.342 e. The highest BCUT2D eigenvalue weighted by Gasteiger charge is 2.38. The maximum absolute atomic E-state index is 12.7. The minimum atomic E-state index is -0.277. The smallest absolute Gasteiger partial charge is 0.229 e. The summed E-state index contributed by atoms with van der Waals surface area (Å²) in [6, 6.07) is 2.30. The Balaban J connectivity index is 2.73.